The zero-order valence-electron chi connectivity index (χ0n) is 13.9. The maximum absolute atomic E-state index is 6.16. The fourth-order valence-corrected chi connectivity index (χ4v) is 2.89. The van der Waals surface area contributed by atoms with Crippen molar-refractivity contribution < 1.29 is 9.26 Å². The molecule has 2 aromatic heterocycles. The topological polar surface area (TPSA) is 80.4 Å². The first-order valence-corrected chi connectivity index (χ1v) is 8.42. The molecule has 1 fully saturated rings. The molecule has 1 aliphatic rings. The van der Waals surface area contributed by atoms with Crippen molar-refractivity contribution in [3.63, 3.8) is 0 Å². The predicted molar refractivity (Wildman–Crippen MR) is 88.9 cm³/mol. The molecule has 2 aromatic rings. The molecule has 1 aliphatic heterocycles. The quantitative estimate of drug-likeness (QED) is 0.780. The second-order valence-electron chi connectivity index (χ2n) is 5.60. The molecule has 1 unspecified atom stereocenters. The highest BCUT2D eigenvalue weighted by atomic mass is 35.5. The fourth-order valence-electron chi connectivity index (χ4n) is 2.67. The van der Waals surface area contributed by atoms with Crippen molar-refractivity contribution in [2.45, 2.75) is 26.5 Å². The molecule has 0 aromatic carbocycles. The Balaban J connectivity index is 1.53. The molecule has 130 valence electrons. The van der Waals surface area contributed by atoms with Crippen LogP contribution in [0.4, 0.5) is 5.82 Å². The third-order valence-corrected chi connectivity index (χ3v) is 4.21. The van der Waals surface area contributed by atoms with Gasteiger partial charge in [-0.05, 0) is 13.8 Å². The van der Waals surface area contributed by atoms with E-state index < -0.39 is 0 Å². The monoisotopic (exact) mass is 352 g/mol. The molecule has 0 aliphatic carbocycles. The van der Waals surface area contributed by atoms with Crippen LogP contribution < -0.4 is 4.90 Å². The van der Waals surface area contributed by atoms with Gasteiger partial charge >= 0.3 is 0 Å². The van der Waals surface area contributed by atoms with Gasteiger partial charge in [-0.15, -0.1) is 0 Å². The van der Waals surface area contributed by atoms with Gasteiger partial charge in [0, 0.05) is 32.8 Å². The van der Waals surface area contributed by atoms with Crippen LogP contribution in [0.15, 0.2) is 17.0 Å². The van der Waals surface area contributed by atoms with E-state index in [9.17, 15) is 0 Å². The molecule has 0 amide bonds. The number of nitrogens with zero attached hydrogens (tertiary/aromatic N) is 6. The first-order chi connectivity index (χ1) is 11.7. The van der Waals surface area contributed by atoms with Crippen LogP contribution in [0.2, 0.25) is 5.02 Å². The first kappa shape index (κ1) is 17.1. The van der Waals surface area contributed by atoms with Crippen molar-refractivity contribution in [3.05, 3.63) is 29.3 Å². The summed E-state index contributed by atoms with van der Waals surface area (Å²) in [6.45, 7) is 8.55. The van der Waals surface area contributed by atoms with Crippen LogP contribution >= 0.6 is 11.6 Å². The number of halogens is 1. The first-order valence-electron chi connectivity index (χ1n) is 8.04. The molecule has 3 heterocycles. The Kier molecular flexibility index (Phi) is 5.60. The van der Waals surface area contributed by atoms with Gasteiger partial charge in [0.05, 0.1) is 12.7 Å². The molecule has 9 heteroatoms. The molecule has 0 N–H and O–H groups in total. The number of ether oxygens (including phenoxy) is 1. The highest BCUT2D eigenvalue weighted by Crippen LogP contribution is 2.23. The Labute approximate surface area is 145 Å². The van der Waals surface area contributed by atoms with Gasteiger partial charge in [0.2, 0.25) is 5.89 Å². The molecule has 0 bridgehead atoms. The van der Waals surface area contributed by atoms with Crippen molar-refractivity contribution in [2.75, 3.05) is 37.7 Å². The van der Waals surface area contributed by atoms with Gasteiger partial charge in [0.25, 0.3) is 0 Å². The van der Waals surface area contributed by atoms with Crippen molar-refractivity contribution in [1.29, 1.82) is 0 Å². The van der Waals surface area contributed by atoms with Crippen LogP contribution in [-0.2, 0) is 11.3 Å². The number of rotatable bonds is 6. The summed E-state index contributed by atoms with van der Waals surface area (Å²) in [4.78, 5) is 17.0. The summed E-state index contributed by atoms with van der Waals surface area (Å²) in [5.41, 5.74) is 0. The second kappa shape index (κ2) is 7.87. The SMILES string of the molecule is CCOC(C)c1noc(CN2CCN(c3ncncc3Cl)CC2)n1. The van der Waals surface area contributed by atoms with Crippen molar-refractivity contribution in [1.82, 2.24) is 25.0 Å². The normalized spacial score (nSPS) is 17.2. The van der Waals surface area contributed by atoms with E-state index in [4.69, 9.17) is 20.9 Å². The maximum atomic E-state index is 6.16. The van der Waals surface area contributed by atoms with E-state index in [0.29, 0.717) is 29.9 Å². The van der Waals surface area contributed by atoms with E-state index >= 15 is 0 Å². The van der Waals surface area contributed by atoms with Gasteiger partial charge in [-0.2, -0.15) is 4.98 Å². The highest BCUT2D eigenvalue weighted by molar-refractivity contribution is 6.32. The second-order valence-corrected chi connectivity index (χ2v) is 6.01. The Hall–Kier alpha value is -1.77. The lowest BCUT2D eigenvalue weighted by Crippen LogP contribution is -2.46. The largest absolute Gasteiger partial charge is 0.371 e. The van der Waals surface area contributed by atoms with E-state index in [2.05, 4.69) is 29.9 Å². The highest BCUT2D eigenvalue weighted by Gasteiger charge is 2.22. The van der Waals surface area contributed by atoms with E-state index in [1.807, 2.05) is 13.8 Å². The van der Waals surface area contributed by atoms with E-state index in [0.717, 1.165) is 32.0 Å². The van der Waals surface area contributed by atoms with Gasteiger partial charge < -0.3 is 14.2 Å². The van der Waals surface area contributed by atoms with Gasteiger partial charge in [-0.1, -0.05) is 16.8 Å². The van der Waals surface area contributed by atoms with E-state index in [1.54, 1.807) is 6.20 Å². The van der Waals surface area contributed by atoms with Gasteiger partial charge in [-0.3, -0.25) is 4.90 Å². The van der Waals surface area contributed by atoms with Crippen LogP contribution in [0, 0.1) is 0 Å². The number of piperazine rings is 1. The summed E-state index contributed by atoms with van der Waals surface area (Å²) in [5, 5.41) is 4.57. The van der Waals surface area contributed by atoms with E-state index in [1.165, 1.54) is 6.33 Å². The minimum Gasteiger partial charge on any atom is -0.371 e. The summed E-state index contributed by atoms with van der Waals surface area (Å²) in [7, 11) is 0. The zero-order valence-corrected chi connectivity index (χ0v) is 14.6. The Morgan fingerprint density at radius 1 is 1.33 bits per heavy atom. The Bertz CT molecular complexity index is 659. The lowest BCUT2D eigenvalue weighted by atomic mass is 10.3. The van der Waals surface area contributed by atoms with E-state index in [-0.39, 0.29) is 6.10 Å². The van der Waals surface area contributed by atoms with Gasteiger partial charge in [0.15, 0.2) is 11.6 Å². The van der Waals surface area contributed by atoms with Crippen LogP contribution in [0.5, 0.6) is 0 Å². The molecular weight excluding hydrogens is 332 g/mol. The molecule has 1 atom stereocenters. The minimum atomic E-state index is -0.149. The maximum Gasteiger partial charge on any atom is 0.240 e. The van der Waals surface area contributed by atoms with Gasteiger partial charge in [0.1, 0.15) is 17.5 Å². The van der Waals surface area contributed by atoms with Crippen molar-refractivity contribution >= 4 is 17.4 Å². The Morgan fingerprint density at radius 3 is 2.83 bits per heavy atom. The fraction of sp³-hybridized carbons (Fsp3) is 0.600. The standard InChI is InChI=1S/C15H21ClN6O2/c1-3-23-11(2)14-19-13(24-20-14)9-21-4-6-22(7-5-21)15-12(16)8-17-10-18-15/h8,10-11H,3-7,9H2,1-2H3. The van der Waals surface area contributed by atoms with Crippen molar-refractivity contribution in [3.8, 4) is 0 Å². The summed E-state index contributed by atoms with van der Waals surface area (Å²) in [6, 6.07) is 0. The molecule has 0 radical (unpaired) electrons. The molecule has 1 saturated heterocycles. The average Bonchev–Trinajstić information content (AvgIpc) is 3.05. The summed E-state index contributed by atoms with van der Waals surface area (Å²) in [6.07, 6.45) is 2.99. The Morgan fingerprint density at radius 2 is 2.12 bits per heavy atom. The third-order valence-electron chi connectivity index (χ3n) is 3.94. The summed E-state index contributed by atoms with van der Waals surface area (Å²) >= 11 is 6.16. The smallest absolute Gasteiger partial charge is 0.240 e. The van der Waals surface area contributed by atoms with Crippen molar-refractivity contribution in [2.24, 2.45) is 0 Å². The lowest BCUT2D eigenvalue weighted by molar-refractivity contribution is 0.0683. The molecule has 24 heavy (non-hydrogen) atoms. The molecule has 0 spiro atoms. The number of anilines is 1. The number of aromatic nitrogens is 4. The third kappa shape index (κ3) is 4.00. The molecule has 0 saturated carbocycles. The summed E-state index contributed by atoms with van der Waals surface area (Å²) < 4.78 is 10.8. The molecular formula is C15H21ClN6O2. The van der Waals surface area contributed by atoms with Gasteiger partial charge in [-0.25, -0.2) is 9.97 Å². The molecule has 8 nitrogen and oxygen atoms in total. The van der Waals surface area contributed by atoms with Crippen LogP contribution in [0.25, 0.3) is 0 Å². The number of hydrogen-bond acceptors (Lipinski definition) is 8. The predicted octanol–water partition coefficient (Wildman–Crippen LogP) is 1.93. The molecule has 3 rings (SSSR count). The lowest BCUT2D eigenvalue weighted by Gasteiger charge is -2.34. The van der Waals surface area contributed by atoms with Crippen LogP contribution in [0.1, 0.15) is 31.7 Å². The zero-order chi connectivity index (χ0) is 16.9. The number of hydrogen-bond donors (Lipinski definition) is 0. The van der Waals surface area contributed by atoms with Crippen LogP contribution in [0.3, 0.4) is 0 Å². The average molecular weight is 353 g/mol. The summed E-state index contributed by atoms with van der Waals surface area (Å²) in [5.74, 6) is 2.00. The van der Waals surface area contributed by atoms with Crippen LogP contribution in [-0.4, -0.2) is 57.8 Å². The minimum absolute atomic E-state index is 0.149.